The number of nitrogens with one attached hydrogen (secondary N) is 1. The molecule has 0 aliphatic rings. The van der Waals surface area contributed by atoms with Gasteiger partial charge in [-0.15, -0.1) is 0 Å². The van der Waals surface area contributed by atoms with Crippen molar-refractivity contribution in [3.63, 3.8) is 0 Å². The summed E-state index contributed by atoms with van der Waals surface area (Å²) in [6.45, 7) is 5.89. The zero-order valence-electron chi connectivity index (χ0n) is 11.1. The molecule has 100 valence electrons. The van der Waals surface area contributed by atoms with Crippen LogP contribution in [0.25, 0.3) is 0 Å². The summed E-state index contributed by atoms with van der Waals surface area (Å²) in [4.78, 5) is 19.9. The topological polar surface area (TPSA) is 90.1 Å². The van der Waals surface area contributed by atoms with Gasteiger partial charge in [0.1, 0.15) is 23.5 Å². The van der Waals surface area contributed by atoms with Gasteiger partial charge in [-0.1, -0.05) is 6.92 Å². The van der Waals surface area contributed by atoms with Crippen molar-refractivity contribution in [1.82, 2.24) is 9.97 Å². The first-order valence-electron chi connectivity index (χ1n) is 6.13. The van der Waals surface area contributed by atoms with Gasteiger partial charge in [-0.25, -0.2) is 14.8 Å². The molecule has 0 fully saturated rings. The van der Waals surface area contributed by atoms with Crippen molar-refractivity contribution in [3.05, 3.63) is 11.9 Å². The molecular formula is C12H20N4O2. The van der Waals surface area contributed by atoms with Crippen molar-refractivity contribution >= 4 is 17.6 Å². The largest absolute Gasteiger partial charge is 0.464 e. The summed E-state index contributed by atoms with van der Waals surface area (Å²) < 4.78 is 4.91. The highest BCUT2D eigenvalue weighted by atomic mass is 16.5. The Morgan fingerprint density at radius 2 is 2.22 bits per heavy atom. The standard InChI is InChI=1S/C12H20N4O2/c1-4-6-10-15-9(13)7-11(16-10)14-8(3)12(17)18-5-2/h7-8H,4-6H2,1-3H3,(H3,13,14,15,16). The smallest absolute Gasteiger partial charge is 0.328 e. The molecule has 1 rings (SSSR count). The van der Waals surface area contributed by atoms with Gasteiger partial charge in [-0.2, -0.15) is 0 Å². The van der Waals surface area contributed by atoms with Gasteiger partial charge in [0.2, 0.25) is 0 Å². The second-order valence-electron chi connectivity index (χ2n) is 3.96. The number of nitrogens with zero attached hydrogens (tertiary/aromatic N) is 2. The monoisotopic (exact) mass is 252 g/mol. The summed E-state index contributed by atoms with van der Waals surface area (Å²) in [5.74, 6) is 1.31. The van der Waals surface area contributed by atoms with Crippen LogP contribution in [-0.4, -0.2) is 28.6 Å². The molecule has 1 aromatic heterocycles. The number of aromatic nitrogens is 2. The fraction of sp³-hybridized carbons (Fsp3) is 0.583. The molecule has 1 atom stereocenters. The number of hydrogen-bond acceptors (Lipinski definition) is 6. The lowest BCUT2D eigenvalue weighted by molar-refractivity contribution is -0.143. The zero-order chi connectivity index (χ0) is 13.5. The van der Waals surface area contributed by atoms with Gasteiger partial charge in [0.05, 0.1) is 6.61 Å². The van der Waals surface area contributed by atoms with Crippen LogP contribution in [0.15, 0.2) is 6.07 Å². The van der Waals surface area contributed by atoms with E-state index in [0.29, 0.717) is 24.1 Å². The second kappa shape index (κ2) is 6.78. The highest BCUT2D eigenvalue weighted by Gasteiger charge is 2.14. The highest BCUT2D eigenvalue weighted by molar-refractivity contribution is 5.78. The number of ether oxygens (including phenoxy) is 1. The van der Waals surface area contributed by atoms with Crippen LogP contribution < -0.4 is 11.1 Å². The Hall–Kier alpha value is -1.85. The van der Waals surface area contributed by atoms with Crippen LogP contribution in [0.4, 0.5) is 11.6 Å². The predicted molar refractivity (Wildman–Crippen MR) is 70.2 cm³/mol. The van der Waals surface area contributed by atoms with Crippen molar-refractivity contribution < 1.29 is 9.53 Å². The van der Waals surface area contributed by atoms with Gasteiger partial charge < -0.3 is 15.8 Å². The molecule has 3 N–H and O–H groups in total. The fourth-order valence-corrected chi connectivity index (χ4v) is 1.48. The number of carbonyl (C=O) groups is 1. The van der Waals surface area contributed by atoms with Crippen LogP contribution in [0.3, 0.4) is 0 Å². The minimum absolute atomic E-state index is 0.313. The number of rotatable bonds is 6. The SMILES string of the molecule is CCCc1nc(N)cc(NC(C)C(=O)OCC)n1. The Bertz CT molecular complexity index is 409. The number of carbonyl (C=O) groups excluding carboxylic acids is 1. The van der Waals surface area contributed by atoms with E-state index in [9.17, 15) is 4.79 Å². The Morgan fingerprint density at radius 3 is 2.83 bits per heavy atom. The molecule has 1 aromatic rings. The molecule has 0 spiro atoms. The Kier molecular flexibility index (Phi) is 5.35. The maximum absolute atomic E-state index is 11.5. The lowest BCUT2D eigenvalue weighted by Crippen LogP contribution is -2.28. The summed E-state index contributed by atoms with van der Waals surface area (Å²) in [5, 5.41) is 2.96. The molecule has 0 radical (unpaired) electrons. The number of esters is 1. The van der Waals surface area contributed by atoms with Gasteiger partial charge in [0.15, 0.2) is 0 Å². The first-order valence-corrected chi connectivity index (χ1v) is 6.13. The van der Waals surface area contributed by atoms with E-state index in [1.807, 2.05) is 6.92 Å². The first-order chi connectivity index (χ1) is 8.56. The molecule has 6 heteroatoms. The van der Waals surface area contributed by atoms with E-state index in [-0.39, 0.29) is 5.97 Å². The summed E-state index contributed by atoms with van der Waals surface area (Å²) in [6, 6.07) is 1.14. The quantitative estimate of drug-likeness (QED) is 0.743. The Labute approximate surface area is 107 Å². The molecule has 1 heterocycles. The summed E-state index contributed by atoms with van der Waals surface area (Å²) >= 11 is 0. The van der Waals surface area contributed by atoms with E-state index in [1.165, 1.54) is 0 Å². The van der Waals surface area contributed by atoms with E-state index in [4.69, 9.17) is 10.5 Å². The molecule has 0 amide bonds. The van der Waals surface area contributed by atoms with Crippen LogP contribution in [0.1, 0.15) is 33.0 Å². The molecule has 0 aliphatic heterocycles. The van der Waals surface area contributed by atoms with E-state index in [0.717, 1.165) is 12.8 Å². The van der Waals surface area contributed by atoms with Gasteiger partial charge in [-0.3, -0.25) is 0 Å². The lowest BCUT2D eigenvalue weighted by atomic mass is 10.3. The molecule has 1 unspecified atom stereocenters. The third-order valence-electron chi connectivity index (χ3n) is 2.27. The van der Waals surface area contributed by atoms with E-state index in [1.54, 1.807) is 19.9 Å². The average Bonchev–Trinajstić information content (AvgIpc) is 2.28. The fourth-order valence-electron chi connectivity index (χ4n) is 1.48. The van der Waals surface area contributed by atoms with E-state index < -0.39 is 6.04 Å². The van der Waals surface area contributed by atoms with Crippen LogP contribution >= 0.6 is 0 Å². The van der Waals surface area contributed by atoms with Crippen molar-refractivity contribution in [2.24, 2.45) is 0 Å². The van der Waals surface area contributed by atoms with Crippen molar-refractivity contribution in [2.45, 2.75) is 39.7 Å². The van der Waals surface area contributed by atoms with Crippen molar-refractivity contribution in [1.29, 1.82) is 0 Å². The highest BCUT2D eigenvalue weighted by Crippen LogP contribution is 2.11. The van der Waals surface area contributed by atoms with Crippen LogP contribution in [-0.2, 0) is 16.0 Å². The average molecular weight is 252 g/mol. The number of hydrogen-bond donors (Lipinski definition) is 2. The van der Waals surface area contributed by atoms with Gasteiger partial charge in [-0.05, 0) is 20.3 Å². The molecule has 0 saturated heterocycles. The number of anilines is 2. The molecular weight excluding hydrogens is 232 g/mol. The second-order valence-corrected chi connectivity index (χ2v) is 3.96. The van der Waals surface area contributed by atoms with Crippen LogP contribution in [0.2, 0.25) is 0 Å². The summed E-state index contributed by atoms with van der Waals surface area (Å²) in [5.41, 5.74) is 5.69. The normalized spacial score (nSPS) is 11.9. The van der Waals surface area contributed by atoms with Crippen molar-refractivity contribution in [3.8, 4) is 0 Å². The molecule has 0 aromatic carbocycles. The zero-order valence-corrected chi connectivity index (χ0v) is 11.1. The minimum atomic E-state index is -0.464. The predicted octanol–water partition coefficient (Wildman–Crippen LogP) is 1.37. The molecule has 0 saturated carbocycles. The summed E-state index contributed by atoms with van der Waals surface area (Å²) in [6.07, 6.45) is 1.70. The minimum Gasteiger partial charge on any atom is -0.464 e. The third kappa shape index (κ3) is 4.20. The number of aryl methyl sites for hydroxylation is 1. The Balaban J connectivity index is 2.74. The lowest BCUT2D eigenvalue weighted by Gasteiger charge is -2.14. The maximum atomic E-state index is 11.5. The Morgan fingerprint density at radius 1 is 1.50 bits per heavy atom. The maximum Gasteiger partial charge on any atom is 0.328 e. The first kappa shape index (κ1) is 14.2. The molecule has 0 aliphatic carbocycles. The van der Waals surface area contributed by atoms with E-state index in [2.05, 4.69) is 15.3 Å². The van der Waals surface area contributed by atoms with Crippen LogP contribution in [0.5, 0.6) is 0 Å². The van der Waals surface area contributed by atoms with Gasteiger partial charge in [0, 0.05) is 12.5 Å². The van der Waals surface area contributed by atoms with Crippen LogP contribution in [0, 0.1) is 0 Å². The molecule has 6 nitrogen and oxygen atoms in total. The van der Waals surface area contributed by atoms with Gasteiger partial charge in [0.25, 0.3) is 0 Å². The molecule has 18 heavy (non-hydrogen) atoms. The number of nitrogen functional groups attached to an aromatic ring is 1. The van der Waals surface area contributed by atoms with Crippen molar-refractivity contribution in [2.75, 3.05) is 17.7 Å². The van der Waals surface area contributed by atoms with Gasteiger partial charge >= 0.3 is 5.97 Å². The third-order valence-corrected chi connectivity index (χ3v) is 2.27. The molecule has 0 bridgehead atoms. The number of nitrogens with two attached hydrogens (primary N) is 1. The van der Waals surface area contributed by atoms with E-state index >= 15 is 0 Å². The summed E-state index contributed by atoms with van der Waals surface area (Å²) in [7, 11) is 0.